The Bertz CT molecular complexity index is 957. The van der Waals surface area contributed by atoms with E-state index in [-0.39, 0.29) is 0 Å². The topological polar surface area (TPSA) is 89.3 Å². The summed E-state index contributed by atoms with van der Waals surface area (Å²) >= 11 is 1.51. The smallest absolute Gasteiger partial charge is 0.194 e. The van der Waals surface area contributed by atoms with Gasteiger partial charge < -0.3 is 9.74 Å². The molecule has 4 rings (SSSR count). The van der Waals surface area contributed by atoms with Crippen LogP contribution in [0, 0.1) is 0 Å². The van der Waals surface area contributed by atoms with Crippen LogP contribution in [-0.2, 0) is 4.84 Å². The highest BCUT2D eigenvalue weighted by atomic mass is 32.1. The fourth-order valence-corrected chi connectivity index (χ4v) is 3.51. The Hall–Kier alpha value is -2.94. The van der Waals surface area contributed by atoms with Crippen LogP contribution in [0.25, 0.3) is 21.3 Å². The Morgan fingerprint density at radius 3 is 3.04 bits per heavy atom. The van der Waals surface area contributed by atoms with E-state index in [2.05, 4.69) is 25.3 Å². The molecule has 0 unspecified atom stereocenters. The van der Waals surface area contributed by atoms with Gasteiger partial charge in [0, 0.05) is 44.2 Å². The molecule has 3 aromatic heterocycles. The van der Waals surface area contributed by atoms with Crippen LogP contribution < -0.4 is 4.90 Å². The molecule has 4 heterocycles. The van der Waals surface area contributed by atoms with Crippen molar-refractivity contribution in [1.82, 2.24) is 25.1 Å². The van der Waals surface area contributed by atoms with Crippen LogP contribution in [-0.4, -0.2) is 51.1 Å². The molecule has 0 bridgehead atoms. The summed E-state index contributed by atoms with van der Waals surface area (Å²) in [7, 11) is 1.98. The number of hydrogen-bond acceptors (Lipinski definition) is 9. The predicted octanol–water partition coefficient (Wildman–Crippen LogP) is 3.03. The molecule has 0 aliphatic carbocycles. The lowest BCUT2D eigenvalue weighted by molar-refractivity contribution is 0.144. The minimum Gasteiger partial charge on any atom is -0.396 e. The molecule has 138 valence electrons. The third kappa shape index (κ3) is 3.63. The van der Waals surface area contributed by atoms with Crippen molar-refractivity contribution in [3.05, 3.63) is 36.4 Å². The van der Waals surface area contributed by atoms with E-state index in [0.29, 0.717) is 12.4 Å². The third-order valence-electron chi connectivity index (χ3n) is 4.09. The first-order valence-electron chi connectivity index (χ1n) is 8.78. The maximum Gasteiger partial charge on any atom is 0.194 e. The van der Waals surface area contributed by atoms with Crippen LogP contribution in [0.5, 0.6) is 0 Å². The monoisotopic (exact) mass is 381 g/mol. The van der Waals surface area contributed by atoms with Crippen molar-refractivity contribution < 1.29 is 4.84 Å². The molecular weight excluding hydrogens is 362 g/mol. The van der Waals surface area contributed by atoms with Crippen LogP contribution in [0.2, 0.25) is 0 Å². The normalized spacial score (nSPS) is 15.0. The molecule has 3 aromatic rings. The molecule has 0 spiro atoms. The van der Waals surface area contributed by atoms with Gasteiger partial charge in [0.05, 0.1) is 4.88 Å². The minimum absolute atomic E-state index is 0.542. The van der Waals surface area contributed by atoms with E-state index >= 15 is 0 Å². The van der Waals surface area contributed by atoms with Gasteiger partial charge >= 0.3 is 0 Å². The number of aromatic nitrogens is 5. The highest BCUT2D eigenvalue weighted by Gasteiger charge is 2.25. The first-order valence-corrected chi connectivity index (χ1v) is 9.59. The van der Waals surface area contributed by atoms with Crippen molar-refractivity contribution in [3.8, 4) is 21.3 Å². The van der Waals surface area contributed by atoms with E-state index in [1.54, 1.807) is 18.6 Å². The number of anilines is 1. The summed E-state index contributed by atoms with van der Waals surface area (Å²) in [5.41, 5.74) is 2.50. The number of rotatable bonds is 5. The molecule has 8 nitrogen and oxygen atoms in total. The molecule has 0 amide bonds. The van der Waals surface area contributed by atoms with Crippen molar-refractivity contribution in [2.75, 3.05) is 25.1 Å². The minimum atomic E-state index is 0.542. The van der Waals surface area contributed by atoms with Crippen molar-refractivity contribution in [2.24, 2.45) is 5.16 Å². The van der Waals surface area contributed by atoms with Crippen LogP contribution in [0.3, 0.4) is 0 Å². The van der Waals surface area contributed by atoms with Crippen molar-refractivity contribution >= 4 is 22.9 Å². The average molecular weight is 381 g/mol. The molecule has 0 aromatic carbocycles. The lowest BCUT2D eigenvalue weighted by Gasteiger charge is -2.25. The maximum absolute atomic E-state index is 5.39. The predicted molar refractivity (Wildman–Crippen MR) is 105 cm³/mol. The van der Waals surface area contributed by atoms with E-state index in [1.807, 2.05) is 31.0 Å². The van der Waals surface area contributed by atoms with Crippen LogP contribution in [0.15, 0.2) is 35.9 Å². The number of nitrogens with zero attached hydrogens (tertiary/aromatic N) is 7. The molecule has 0 atom stereocenters. The Morgan fingerprint density at radius 2 is 2.22 bits per heavy atom. The summed E-state index contributed by atoms with van der Waals surface area (Å²) < 4.78 is 0. The summed E-state index contributed by atoms with van der Waals surface area (Å²) in [5.74, 6) is 1.26. The lowest BCUT2D eigenvalue weighted by Crippen LogP contribution is -2.31. The zero-order valence-corrected chi connectivity index (χ0v) is 16.0. The molecule has 0 fully saturated rings. The Morgan fingerprint density at radius 1 is 1.30 bits per heavy atom. The average Bonchev–Trinajstić information content (AvgIpc) is 3.21. The highest BCUT2D eigenvalue weighted by molar-refractivity contribution is 7.18. The van der Waals surface area contributed by atoms with Gasteiger partial charge in [-0.15, -0.1) is 21.5 Å². The van der Waals surface area contributed by atoms with Gasteiger partial charge in [-0.3, -0.25) is 4.98 Å². The summed E-state index contributed by atoms with van der Waals surface area (Å²) in [6.07, 6.45) is 6.98. The Labute approximate surface area is 161 Å². The van der Waals surface area contributed by atoms with Crippen LogP contribution in [0.4, 0.5) is 5.82 Å². The number of hydrogen-bond donors (Lipinski definition) is 0. The molecule has 0 radical (unpaired) electrons. The molecular formula is C18H19N7OS. The van der Waals surface area contributed by atoms with Crippen molar-refractivity contribution in [2.45, 2.75) is 19.8 Å². The Balaban J connectivity index is 1.68. The summed E-state index contributed by atoms with van der Waals surface area (Å²) in [5, 5.41) is 13.8. The number of thiazole rings is 1. The summed E-state index contributed by atoms with van der Waals surface area (Å²) in [6, 6.07) is 3.87. The summed E-state index contributed by atoms with van der Waals surface area (Å²) in [6.45, 7) is 3.44. The number of fused-ring (bicyclic) bond motifs is 1. The summed E-state index contributed by atoms with van der Waals surface area (Å²) in [4.78, 5) is 21.6. The zero-order valence-electron chi connectivity index (χ0n) is 15.2. The molecule has 9 heteroatoms. The van der Waals surface area contributed by atoms with E-state index in [4.69, 9.17) is 9.82 Å². The SMILES string of the molecule is CCCO/N=C1\CCN(C)c2nnc(-c3cnc(-c4cccnc4)s3)nc21. The first-order chi connectivity index (χ1) is 13.3. The van der Waals surface area contributed by atoms with E-state index < -0.39 is 0 Å². The van der Waals surface area contributed by atoms with Crippen LogP contribution >= 0.6 is 11.3 Å². The second kappa shape index (κ2) is 7.75. The van der Waals surface area contributed by atoms with Gasteiger partial charge in [0.1, 0.15) is 23.0 Å². The molecule has 1 aliphatic rings. The van der Waals surface area contributed by atoms with Crippen LogP contribution in [0.1, 0.15) is 25.5 Å². The molecule has 0 N–H and O–H groups in total. The zero-order chi connectivity index (χ0) is 18.6. The fraction of sp³-hybridized carbons (Fsp3) is 0.333. The Kier molecular flexibility index (Phi) is 5.01. The second-order valence-electron chi connectivity index (χ2n) is 6.12. The lowest BCUT2D eigenvalue weighted by atomic mass is 10.1. The second-order valence-corrected chi connectivity index (χ2v) is 7.15. The quantitative estimate of drug-likeness (QED) is 0.496. The fourth-order valence-electron chi connectivity index (χ4n) is 2.68. The van der Waals surface area contributed by atoms with E-state index in [1.165, 1.54) is 11.3 Å². The van der Waals surface area contributed by atoms with E-state index in [9.17, 15) is 0 Å². The standard InChI is InChI=1S/C18H19N7OS/c1-3-9-26-24-13-6-8-25(2)17-15(13)21-16(22-23-17)14-11-20-18(27-14)12-5-4-7-19-10-12/h4-5,7,10-11H,3,6,8-9H2,1-2H3/b24-13+. The van der Waals surface area contributed by atoms with E-state index in [0.717, 1.165) is 52.1 Å². The largest absolute Gasteiger partial charge is 0.396 e. The molecule has 0 saturated carbocycles. The van der Waals surface area contributed by atoms with Gasteiger partial charge in [-0.25, -0.2) is 9.97 Å². The van der Waals surface area contributed by atoms with Crippen molar-refractivity contribution in [3.63, 3.8) is 0 Å². The van der Waals surface area contributed by atoms with Gasteiger partial charge in [0.25, 0.3) is 0 Å². The highest BCUT2D eigenvalue weighted by Crippen LogP contribution is 2.31. The maximum atomic E-state index is 5.39. The number of oxime groups is 1. The van der Waals surface area contributed by atoms with Gasteiger partial charge in [-0.2, -0.15) is 0 Å². The molecule has 27 heavy (non-hydrogen) atoms. The first kappa shape index (κ1) is 17.5. The third-order valence-corrected chi connectivity index (χ3v) is 5.13. The van der Waals surface area contributed by atoms with Gasteiger partial charge in [0.15, 0.2) is 11.6 Å². The van der Waals surface area contributed by atoms with Gasteiger partial charge in [-0.1, -0.05) is 12.1 Å². The molecule has 0 saturated heterocycles. The van der Waals surface area contributed by atoms with Gasteiger partial charge in [0.2, 0.25) is 0 Å². The van der Waals surface area contributed by atoms with Crippen molar-refractivity contribution in [1.29, 1.82) is 0 Å². The van der Waals surface area contributed by atoms with Gasteiger partial charge in [-0.05, 0) is 18.6 Å². The molecule has 1 aliphatic heterocycles. The number of pyridine rings is 1.